The van der Waals surface area contributed by atoms with Crippen LogP contribution in [0.2, 0.25) is 0 Å². The molecular weight excluding hydrogens is 376 g/mol. The second-order valence-electron chi connectivity index (χ2n) is 6.64. The molecule has 7 nitrogen and oxygen atoms in total. The van der Waals surface area contributed by atoms with Gasteiger partial charge in [-0.1, -0.05) is 24.3 Å². The van der Waals surface area contributed by atoms with E-state index in [9.17, 15) is 13.2 Å². The molecule has 0 N–H and O–H groups in total. The molecule has 0 atom stereocenters. The van der Waals surface area contributed by atoms with Crippen molar-refractivity contribution in [3.63, 3.8) is 0 Å². The van der Waals surface area contributed by atoms with E-state index in [1.54, 1.807) is 17.2 Å². The number of aromatic nitrogens is 2. The number of para-hydroxylation sites is 1. The fourth-order valence-electron chi connectivity index (χ4n) is 3.41. The van der Waals surface area contributed by atoms with E-state index >= 15 is 0 Å². The molecule has 2 aromatic heterocycles. The highest BCUT2D eigenvalue weighted by atomic mass is 32.2. The van der Waals surface area contributed by atoms with Crippen molar-refractivity contribution in [3.8, 4) is 0 Å². The highest BCUT2D eigenvalue weighted by Crippen LogP contribution is 2.19. The Morgan fingerprint density at radius 1 is 0.964 bits per heavy atom. The summed E-state index contributed by atoms with van der Waals surface area (Å²) in [7, 11) is -3.58. The Labute approximate surface area is 163 Å². The Kier molecular flexibility index (Phi) is 5.06. The van der Waals surface area contributed by atoms with Crippen molar-refractivity contribution in [3.05, 3.63) is 66.6 Å². The van der Waals surface area contributed by atoms with E-state index in [1.807, 2.05) is 30.3 Å². The van der Waals surface area contributed by atoms with Crippen molar-refractivity contribution in [2.75, 3.05) is 26.2 Å². The first-order chi connectivity index (χ1) is 13.6. The molecule has 1 aliphatic heterocycles. The maximum atomic E-state index is 12.8. The Balaban J connectivity index is 1.43. The molecule has 144 valence electrons. The van der Waals surface area contributed by atoms with E-state index in [0.717, 1.165) is 16.5 Å². The minimum atomic E-state index is -3.58. The summed E-state index contributed by atoms with van der Waals surface area (Å²) in [5.74, 6) is -0.0171. The van der Waals surface area contributed by atoms with E-state index in [2.05, 4.69) is 9.97 Å². The molecule has 3 aromatic rings. The summed E-state index contributed by atoms with van der Waals surface area (Å²) in [5.41, 5.74) is 1.71. The van der Waals surface area contributed by atoms with Gasteiger partial charge in [0.05, 0.1) is 11.9 Å². The lowest BCUT2D eigenvalue weighted by atomic mass is 10.1. The zero-order chi connectivity index (χ0) is 19.6. The number of carbonyl (C=O) groups excluding carboxylic acids is 1. The van der Waals surface area contributed by atoms with Crippen molar-refractivity contribution in [1.82, 2.24) is 19.2 Å². The zero-order valence-corrected chi connectivity index (χ0v) is 16.0. The fraction of sp³-hybridized carbons (Fsp3) is 0.250. The van der Waals surface area contributed by atoms with Crippen molar-refractivity contribution >= 4 is 26.8 Å². The molecule has 1 amide bonds. The minimum absolute atomic E-state index is 0.0171. The number of carbonyl (C=O) groups is 1. The number of nitrogens with zero attached hydrogens (tertiary/aromatic N) is 4. The lowest BCUT2D eigenvalue weighted by molar-refractivity contribution is -0.131. The van der Waals surface area contributed by atoms with Gasteiger partial charge in [-0.3, -0.25) is 14.8 Å². The average Bonchev–Trinajstić information content (AvgIpc) is 2.75. The van der Waals surface area contributed by atoms with Crippen molar-refractivity contribution in [2.24, 2.45) is 0 Å². The Hall–Kier alpha value is -2.84. The lowest BCUT2D eigenvalue weighted by Crippen LogP contribution is -2.50. The van der Waals surface area contributed by atoms with Crippen LogP contribution in [-0.2, 0) is 21.2 Å². The van der Waals surface area contributed by atoms with Crippen LogP contribution in [0.5, 0.6) is 0 Å². The molecule has 0 bridgehead atoms. The number of pyridine rings is 2. The number of sulfonamides is 1. The highest BCUT2D eigenvalue weighted by Gasteiger charge is 2.30. The number of benzene rings is 1. The number of hydrogen-bond acceptors (Lipinski definition) is 5. The molecule has 1 saturated heterocycles. The van der Waals surface area contributed by atoms with Crippen LogP contribution in [0.3, 0.4) is 0 Å². The van der Waals surface area contributed by atoms with Gasteiger partial charge in [-0.25, -0.2) is 8.42 Å². The van der Waals surface area contributed by atoms with E-state index in [-0.39, 0.29) is 30.3 Å². The molecule has 1 aliphatic rings. The van der Waals surface area contributed by atoms with Crippen LogP contribution in [-0.4, -0.2) is 59.7 Å². The molecule has 1 aromatic carbocycles. The van der Waals surface area contributed by atoms with Crippen LogP contribution in [0.15, 0.2) is 66.0 Å². The van der Waals surface area contributed by atoms with Crippen LogP contribution in [0.1, 0.15) is 5.56 Å². The molecule has 0 spiro atoms. The third-order valence-electron chi connectivity index (χ3n) is 4.92. The number of fused-ring (bicyclic) bond motifs is 1. The van der Waals surface area contributed by atoms with E-state index < -0.39 is 10.0 Å². The molecule has 0 radical (unpaired) electrons. The molecule has 1 fully saturated rings. The quantitative estimate of drug-likeness (QED) is 0.670. The van der Waals surface area contributed by atoms with Crippen LogP contribution in [0.4, 0.5) is 0 Å². The number of piperazine rings is 1. The van der Waals surface area contributed by atoms with Gasteiger partial charge in [0.2, 0.25) is 15.9 Å². The maximum Gasteiger partial charge on any atom is 0.244 e. The number of amides is 1. The normalized spacial score (nSPS) is 15.6. The third-order valence-corrected chi connectivity index (χ3v) is 6.80. The molecule has 28 heavy (non-hydrogen) atoms. The number of rotatable bonds is 4. The van der Waals surface area contributed by atoms with Gasteiger partial charge in [0, 0.05) is 50.2 Å². The standard InChI is InChI=1S/C20H20N4O3S/c25-19(14-17-5-1-4-16-6-2-9-22-20(16)17)23-10-12-24(13-11-23)28(26,27)18-7-3-8-21-15-18/h1-9,15H,10-14H2. The molecule has 3 heterocycles. The summed E-state index contributed by atoms with van der Waals surface area (Å²) < 4.78 is 26.8. The second-order valence-corrected chi connectivity index (χ2v) is 8.58. The molecule has 4 rings (SSSR count). The second kappa shape index (κ2) is 7.65. The molecule has 0 saturated carbocycles. The number of hydrogen-bond donors (Lipinski definition) is 0. The summed E-state index contributed by atoms with van der Waals surface area (Å²) in [6.45, 7) is 1.29. The smallest absolute Gasteiger partial charge is 0.244 e. The average molecular weight is 396 g/mol. The monoisotopic (exact) mass is 396 g/mol. The van der Waals surface area contributed by atoms with Gasteiger partial charge in [-0.15, -0.1) is 0 Å². The molecule has 0 unspecified atom stereocenters. The highest BCUT2D eigenvalue weighted by molar-refractivity contribution is 7.89. The topological polar surface area (TPSA) is 83.5 Å². The summed E-state index contributed by atoms with van der Waals surface area (Å²) in [4.78, 5) is 22.9. The first-order valence-electron chi connectivity index (χ1n) is 9.06. The lowest BCUT2D eigenvalue weighted by Gasteiger charge is -2.34. The third kappa shape index (κ3) is 3.61. The van der Waals surface area contributed by atoms with Crippen LogP contribution < -0.4 is 0 Å². The van der Waals surface area contributed by atoms with Crippen LogP contribution in [0, 0.1) is 0 Å². The Bertz CT molecular complexity index is 1090. The van der Waals surface area contributed by atoms with Crippen molar-refractivity contribution in [1.29, 1.82) is 0 Å². The van der Waals surface area contributed by atoms with E-state index in [0.29, 0.717) is 13.1 Å². The molecule has 8 heteroatoms. The van der Waals surface area contributed by atoms with Gasteiger partial charge >= 0.3 is 0 Å². The summed E-state index contributed by atoms with van der Waals surface area (Å²) in [6.07, 6.45) is 4.86. The first kappa shape index (κ1) is 18.5. The Morgan fingerprint density at radius 2 is 1.71 bits per heavy atom. The van der Waals surface area contributed by atoms with Gasteiger partial charge < -0.3 is 4.90 Å². The SMILES string of the molecule is O=C(Cc1cccc2cccnc12)N1CCN(S(=O)(=O)c2cccnc2)CC1. The Morgan fingerprint density at radius 3 is 2.46 bits per heavy atom. The van der Waals surface area contributed by atoms with E-state index in [1.165, 1.54) is 22.8 Å². The predicted octanol–water partition coefficient (Wildman–Crippen LogP) is 1.71. The van der Waals surface area contributed by atoms with Crippen LogP contribution in [0.25, 0.3) is 10.9 Å². The van der Waals surface area contributed by atoms with Gasteiger partial charge in [0.25, 0.3) is 0 Å². The van der Waals surface area contributed by atoms with Gasteiger partial charge in [-0.2, -0.15) is 4.31 Å². The zero-order valence-electron chi connectivity index (χ0n) is 15.2. The fourth-order valence-corrected chi connectivity index (χ4v) is 4.80. The minimum Gasteiger partial charge on any atom is -0.340 e. The van der Waals surface area contributed by atoms with Gasteiger partial charge in [0.1, 0.15) is 4.90 Å². The van der Waals surface area contributed by atoms with Crippen LogP contribution >= 0.6 is 0 Å². The van der Waals surface area contributed by atoms with Crippen molar-refractivity contribution < 1.29 is 13.2 Å². The van der Waals surface area contributed by atoms with Crippen molar-refractivity contribution in [2.45, 2.75) is 11.3 Å². The molecule has 0 aliphatic carbocycles. The first-order valence-corrected chi connectivity index (χ1v) is 10.5. The molecular formula is C20H20N4O3S. The van der Waals surface area contributed by atoms with E-state index in [4.69, 9.17) is 0 Å². The largest absolute Gasteiger partial charge is 0.340 e. The summed E-state index contributed by atoms with van der Waals surface area (Å²) >= 11 is 0. The van der Waals surface area contributed by atoms with Gasteiger partial charge in [-0.05, 0) is 23.8 Å². The van der Waals surface area contributed by atoms with Gasteiger partial charge in [0.15, 0.2) is 0 Å². The predicted molar refractivity (Wildman–Crippen MR) is 105 cm³/mol. The maximum absolute atomic E-state index is 12.8. The summed E-state index contributed by atoms with van der Waals surface area (Å²) in [5, 5.41) is 1.00. The summed E-state index contributed by atoms with van der Waals surface area (Å²) in [6, 6.07) is 12.8.